The molecule has 4 N–H and O–H groups in total. The molecule has 0 amide bonds. The van der Waals surface area contributed by atoms with E-state index in [0.717, 1.165) is 25.7 Å². The molecule has 0 aromatic heterocycles. The number of carboxylic acid groups (broad SMARTS) is 1. The number of aliphatic hydroxyl groups excluding tert-OH is 4. The average molecular weight is 759 g/mol. The molecule has 11 nitrogen and oxygen atoms in total. The average Bonchev–Trinajstić information content (AvgIpc) is 3.38. The van der Waals surface area contributed by atoms with Crippen LogP contribution in [-0.4, -0.2) is 83.6 Å². The number of carbonyl (C=O) groups is 1. The van der Waals surface area contributed by atoms with Crippen LogP contribution < -0.4 is 64.2 Å². The Balaban J connectivity index is -0.000000322. The predicted molar refractivity (Wildman–Crippen MR) is 187 cm³/mol. The molecule has 50 heavy (non-hydrogen) atoms. The second-order valence-electron chi connectivity index (χ2n) is 13.1. The van der Waals surface area contributed by atoms with Crippen LogP contribution in [0.25, 0.3) is 0 Å². The van der Waals surface area contributed by atoms with Crippen LogP contribution in [0.5, 0.6) is 0 Å². The van der Waals surface area contributed by atoms with Gasteiger partial charge in [0.1, 0.15) is 24.4 Å². The topological polar surface area (TPSA) is 197 Å². The van der Waals surface area contributed by atoms with Gasteiger partial charge in [0.15, 0.2) is 0 Å². The van der Waals surface area contributed by atoms with Crippen molar-refractivity contribution >= 4 is 16.4 Å². The minimum absolute atomic E-state index is 0. The summed E-state index contributed by atoms with van der Waals surface area (Å²) in [6, 6.07) is 0. The third-order valence-electron chi connectivity index (χ3n) is 8.47. The molecule has 290 valence electrons. The molecule has 0 bridgehead atoms. The number of hydrogen-bond acceptors (Lipinski definition) is 11. The van der Waals surface area contributed by atoms with E-state index in [0.29, 0.717) is 6.42 Å². The number of carboxylic acids is 1. The van der Waals surface area contributed by atoms with Gasteiger partial charge in [-0.1, -0.05) is 162 Å². The first kappa shape index (κ1) is 57.9. The van der Waals surface area contributed by atoms with E-state index in [1.54, 1.807) is 0 Å². The second kappa shape index (κ2) is 42.9. The maximum absolute atomic E-state index is 10.2. The van der Waals surface area contributed by atoms with Gasteiger partial charge in [0, 0.05) is 5.97 Å². The molecular weight excluding hydrogens is 686 g/mol. The van der Waals surface area contributed by atoms with Crippen LogP contribution in [-0.2, 0) is 24.1 Å². The normalized spacial score (nSPS) is 17.4. The van der Waals surface area contributed by atoms with Gasteiger partial charge >= 0.3 is 59.1 Å². The van der Waals surface area contributed by atoms with E-state index in [-0.39, 0.29) is 78.7 Å². The quantitative estimate of drug-likeness (QED) is 0.0329. The molecule has 4 atom stereocenters. The summed E-state index contributed by atoms with van der Waals surface area (Å²) in [7, 11) is -4.48. The third-order valence-corrected chi connectivity index (χ3v) is 8.92. The molecule has 0 radical (unpaired) electrons. The number of hydrogen-bond donors (Lipinski definition) is 4. The first-order valence-corrected chi connectivity index (χ1v) is 20.4. The van der Waals surface area contributed by atoms with E-state index >= 15 is 0 Å². The Morgan fingerprint density at radius 3 is 1.32 bits per heavy atom. The van der Waals surface area contributed by atoms with Crippen molar-refractivity contribution in [3.8, 4) is 0 Å². The van der Waals surface area contributed by atoms with E-state index in [1.165, 1.54) is 128 Å². The largest absolute Gasteiger partial charge is 1.00 e. The van der Waals surface area contributed by atoms with Crippen molar-refractivity contribution in [1.29, 1.82) is 0 Å². The van der Waals surface area contributed by atoms with Gasteiger partial charge in [-0.2, -0.15) is 0 Å². The van der Waals surface area contributed by atoms with Crippen molar-refractivity contribution in [2.24, 2.45) is 0 Å². The minimum Gasteiger partial charge on any atom is -0.726 e. The molecule has 0 aromatic rings. The van der Waals surface area contributed by atoms with Gasteiger partial charge in [-0.3, -0.25) is 4.18 Å². The van der Waals surface area contributed by atoms with E-state index in [4.69, 9.17) is 25.2 Å². The Morgan fingerprint density at radius 2 is 1.04 bits per heavy atom. The molecule has 0 spiro atoms. The first-order chi connectivity index (χ1) is 23.0. The molecule has 1 rings (SSSR count). The van der Waals surface area contributed by atoms with Crippen LogP contribution in [0.1, 0.15) is 181 Å². The molecule has 1 fully saturated rings. The zero-order chi connectivity index (χ0) is 36.3. The summed E-state index contributed by atoms with van der Waals surface area (Å²) < 4.78 is 39.3. The van der Waals surface area contributed by atoms with Crippen molar-refractivity contribution in [2.45, 2.75) is 205 Å². The molecule has 0 unspecified atom stereocenters. The molecular formula is C36H72Na2O11S. The van der Waals surface area contributed by atoms with Crippen molar-refractivity contribution in [1.82, 2.24) is 0 Å². The van der Waals surface area contributed by atoms with Crippen molar-refractivity contribution in [3.05, 3.63) is 0 Å². The Labute approximate surface area is 350 Å². The maximum Gasteiger partial charge on any atom is 1.00 e. The summed E-state index contributed by atoms with van der Waals surface area (Å²) in [4.78, 5) is 10.2. The molecule has 14 heteroatoms. The summed E-state index contributed by atoms with van der Waals surface area (Å²) in [5.74, 6) is -0.903. The molecule has 0 aromatic carbocycles. The van der Waals surface area contributed by atoms with E-state index < -0.39 is 47.4 Å². The van der Waals surface area contributed by atoms with Crippen LogP contribution in [0.3, 0.4) is 0 Å². The zero-order valence-corrected chi connectivity index (χ0v) is 37.2. The number of carbonyl (C=O) groups excluding carboxylic acids is 1. The maximum atomic E-state index is 10.2. The van der Waals surface area contributed by atoms with E-state index in [1.807, 2.05) is 0 Å². The monoisotopic (exact) mass is 758 g/mol. The Kier molecular flexibility index (Phi) is 49.6. The molecule has 1 heterocycles. The van der Waals surface area contributed by atoms with Crippen LogP contribution in [0, 0.1) is 0 Å². The molecule has 0 saturated carbocycles. The molecule has 1 aliphatic rings. The van der Waals surface area contributed by atoms with Crippen LogP contribution >= 0.6 is 0 Å². The zero-order valence-electron chi connectivity index (χ0n) is 32.4. The Bertz CT molecular complexity index is 794. The fraction of sp³-hybridized carbons (Fsp3) is 0.972. The number of unbranched alkanes of at least 4 members (excludes halogenated alkanes) is 23. The van der Waals surface area contributed by atoms with Crippen LogP contribution in [0.2, 0.25) is 0 Å². The minimum atomic E-state index is -4.48. The Morgan fingerprint density at radius 1 is 0.700 bits per heavy atom. The second-order valence-corrected chi connectivity index (χ2v) is 14.1. The number of aliphatic hydroxyl groups is 4. The van der Waals surface area contributed by atoms with E-state index in [9.17, 15) is 22.9 Å². The van der Waals surface area contributed by atoms with Gasteiger partial charge in [0.25, 0.3) is 0 Å². The Hall–Kier alpha value is 1.14. The number of ether oxygens (including phenoxy) is 1. The van der Waals surface area contributed by atoms with Gasteiger partial charge in [-0.05, 0) is 19.3 Å². The standard InChI is InChI=1S/C18H36O2.C12H26O4S.C6H12O5.2Na/c1-2-3-4-5-6-7-8-9-10-11-12-13-14-15-16-17-18(19)20;1-2-3-4-5-6-7-8-9-10-11-12-16-17(13,14)15;7-1-3(8)6-5(10)4(9)2-11-6;;/h2-17H2,1H3,(H,19,20);2-12H2,1H3,(H,13,14,15);3-10H,1-2H2;;/q;;;2*+1/p-2/t;;3-,4+,5-,6-;;/m..1../s1. The number of rotatable bonds is 30. The van der Waals surface area contributed by atoms with Gasteiger partial charge in [0.2, 0.25) is 10.4 Å². The summed E-state index contributed by atoms with van der Waals surface area (Å²) in [6.07, 6.45) is 27.5. The van der Waals surface area contributed by atoms with Crippen LogP contribution in [0.15, 0.2) is 0 Å². The van der Waals surface area contributed by atoms with Crippen molar-refractivity contribution < 1.29 is 111 Å². The van der Waals surface area contributed by atoms with E-state index in [2.05, 4.69) is 18.0 Å². The number of aliphatic carboxylic acids is 1. The van der Waals surface area contributed by atoms with Gasteiger partial charge < -0.3 is 39.6 Å². The fourth-order valence-electron chi connectivity index (χ4n) is 5.46. The summed E-state index contributed by atoms with van der Waals surface area (Å²) >= 11 is 0. The SMILES string of the molecule is CCCCCCCCCCCCCCCCCC(=O)[O-].CCCCCCCCCCCCOS(=O)(=O)[O-].OC[C@@H](O)[C@H]1OC[C@H](O)[C@H]1O.[Na+].[Na+]. The molecule has 1 saturated heterocycles. The summed E-state index contributed by atoms with van der Waals surface area (Å²) in [5.41, 5.74) is 0. The molecule has 0 aliphatic carbocycles. The summed E-state index contributed by atoms with van der Waals surface area (Å²) in [6.45, 7) is 4.03. The first-order valence-electron chi connectivity index (χ1n) is 19.1. The predicted octanol–water partition coefficient (Wildman–Crippen LogP) is -0.150. The van der Waals surface area contributed by atoms with Gasteiger partial charge in [0.05, 0.1) is 19.8 Å². The van der Waals surface area contributed by atoms with Crippen molar-refractivity contribution in [2.75, 3.05) is 19.8 Å². The van der Waals surface area contributed by atoms with Gasteiger partial charge in [-0.15, -0.1) is 0 Å². The van der Waals surface area contributed by atoms with Gasteiger partial charge in [-0.25, -0.2) is 8.42 Å². The van der Waals surface area contributed by atoms with Crippen molar-refractivity contribution in [3.63, 3.8) is 0 Å². The van der Waals surface area contributed by atoms with Crippen LogP contribution in [0.4, 0.5) is 0 Å². The summed E-state index contributed by atoms with van der Waals surface area (Å²) in [5, 5.41) is 45.8. The third kappa shape index (κ3) is 43.5. The smallest absolute Gasteiger partial charge is 0.726 e. The molecule has 1 aliphatic heterocycles. The fourth-order valence-corrected chi connectivity index (χ4v) is 5.78.